The summed E-state index contributed by atoms with van der Waals surface area (Å²) in [5.74, 6) is 0. The third-order valence-electron chi connectivity index (χ3n) is 7.27. The molecule has 5 aromatic rings. The highest BCUT2D eigenvalue weighted by molar-refractivity contribution is 5.90. The van der Waals surface area contributed by atoms with E-state index in [0.29, 0.717) is 5.69 Å². The summed E-state index contributed by atoms with van der Waals surface area (Å²) in [6.45, 7) is 12.2. The molecule has 0 N–H and O–H groups in total. The van der Waals surface area contributed by atoms with E-state index >= 15 is 0 Å². The van der Waals surface area contributed by atoms with E-state index in [4.69, 9.17) is 6.57 Å². The van der Waals surface area contributed by atoms with Crippen molar-refractivity contribution >= 4 is 22.7 Å². The van der Waals surface area contributed by atoms with Crippen molar-refractivity contribution in [2.75, 3.05) is 4.90 Å². The van der Waals surface area contributed by atoms with Crippen LogP contribution in [0, 0.1) is 6.57 Å². The minimum atomic E-state index is -0.0923. The third-order valence-corrected chi connectivity index (χ3v) is 7.27. The van der Waals surface area contributed by atoms with E-state index in [1.54, 1.807) is 0 Å². The van der Waals surface area contributed by atoms with Crippen molar-refractivity contribution in [3.05, 3.63) is 144 Å². The number of para-hydroxylation sites is 1. The lowest BCUT2D eigenvalue weighted by atomic mass is 9.82. The number of fused-ring (bicyclic) bond motifs is 3. The van der Waals surface area contributed by atoms with Crippen molar-refractivity contribution in [2.24, 2.45) is 0 Å². The van der Waals surface area contributed by atoms with Crippen molar-refractivity contribution in [3.8, 4) is 22.3 Å². The second-order valence-corrected chi connectivity index (χ2v) is 9.75. The lowest BCUT2D eigenvalue weighted by molar-refractivity contribution is 0.660. The predicted octanol–water partition coefficient (Wildman–Crippen LogP) is 9.68. The van der Waals surface area contributed by atoms with Crippen LogP contribution in [-0.2, 0) is 5.41 Å². The molecular weight excluding hydrogens is 436 g/mol. The minimum Gasteiger partial charge on any atom is -0.311 e. The first-order chi connectivity index (χ1) is 17.6. The minimum absolute atomic E-state index is 0.0923. The monoisotopic (exact) mass is 462 g/mol. The van der Waals surface area contributed by atoms with Gasteiger partial charge in [-0.3, -0.25) is 0 Å². The van der Waals surface area contributed by atoms with Crippen LogP contribution in [0.3, 0.4) is 0 Å². The number of anilines is 3. The van der Waals surface area contributed by atoms with Gasteiger partial charge in [0, 0.05) is 22.4 Å². The summed E-state index contributed by atoms with van der Waals surface area (Å²) in [6.07, 6.45) is 0. The summed E-state index contributed by atoms with van der Waals surface area (Å²) in [7, 11) is 0. The summed E-state index contributed by atoms with van der Waals surface area (Å²) in [5, 5.41) is 0. The lowest BCUT2D eigenvalue weighted by Gasteiger charge is -2.30. The standard InChI is InChI=1S/C34H26N2/c1-34(2)31-18-9-7-17-29(31)30-21-20-27(23-32(30)34)36(26-15-11-14-25(22-26)35-3)33-19-10-8-16-28(33)24-12-5-4-6-13-24/h4-23H,1-2H3. The van der Waals surface area contributed by atoms with E-state index in [0.717, 1.165) is 28.2 Å². The van der Waals surface area contributed by atoms with Gasteiger partial charge in [0.05, 0.1) is 12.3 Å². The van der Waals surface area contributed by atoms with Gasteiger partial charge in [-0.15, -0.1) is 0 Å². The molecule has 0 saturated heterocycles. The van der Waals surface area contributed by atoms with Crippen molar-refractivity contribution < 1.29 is 0 Å². The van der Waals surface area contributed by atoms with Gasteiger partial charge in [0.1, 0.15) is 0 Å². The zero-order valence-electron chi connectivity index (χ0n) is 20.4. The molecule has 0 spiro atoms. The number of nitrogens with zero attached hydrogens (tertiary/aromatic N) is 2. The highest BCUT2D eigenvalue weighted by Gasteiger charge is 2.35. The van der Waals surface area contributed by atoms with E-state index in [2.05, 4.69) is 121 Å². The van der Waals surface area contributed by atoms with Gasteiger partial charge in [0.25, 0.3) is 0 Å². The molecule has 1 aliphatic rings. The Morgan fingerprint density at radius 1 is 0.583 bits per heavy atom. The molecule has 5 aromatic carbocycles. The zero-order valence-corrected chi connectivity index (χ0v) is 20.4. The second kappa shape index (κ2) is 8.56. The van der Waals surface area contributed by atoms with Gasteiger partial charge in [-0.2, -0.15) is 0 Å². The second-order valence-electron chi connectivity index (χ2n) is 9.75. The highest BCUT2D eigenvalue weighted by atomic mass is 15.1. The molecule has 0 heterocycles. The first-order valence-electron chi connectivity index (χ1n) is 12.2. The maximum absolute atomic E-state index is 7.60. The Bertz CT molecular complexity index is 1620. The van der Waals surface area contributed by atoms with Crippen LogP contribution in [0.5, 0.6) is 0 Å². The van der Waals surface area contributed by atoms with Gasteiger partial charge in [-0.25, -0.2) is 4.85 Å². The Morgan fingerprint density at radius 2 is 1.25 bits per heavy atom. The summed E-state index contributed by atoms with van der Waals surface area (Å²) in [6, 6.07) is 42.4. The molecule has 6 rings (SSSR count). The van der Waals surface area contributed by atoms with Crippen molar-refractivity contribution in [1.82, 2.24) is 0 Å². The van der Waals surface area contributed by atoms with Gasteiger partial charge in [0.15, 0.2) is 5.69 Å². The third kappa shape index (κ3) is 3.49. The van der Waals surface area contributed by atoms with Crippen LogP contribution in [0.25, 0.3) is 27.1 Å². The Balaban J connectivity index is 1.59. The van der Waals surface area contributed by atoms with Crippen LogP contribution in [0.15, 0.2) is 121 Å². The normalized spacial score (nSPS) is 12.9. The number of hydrogen-bond donors (Lipinski definition) is 0. The zero-order chi connectivity index (χ0) is 24.7. The number of benzene rings is 5. The molecule has 0 bridgehead atoms. The molecule has 0 aliphatic heterocycles. The first kappa shape index (κ1) is 21.9. The Kier molecular flexibility index (Phi) is 5.20. The topological polar surface area (TPSA) is 7.60 Å². The Hall–Kier alpha value is -4.61. The van der Waals surface area contributed by atoms with Gasteiger partial charge in [-0.05, 0) is 58.1 Å². The fourth-order valence-electron chi connectivity index (χ4n) is 5.49. The predicted molar refractivity (Wildman–Crippen MR) is 150 cm³/mol. The van der Waals surface area contributed by atoms with E-state index in [1.807, 2.05) is 24.3 Å². The Labute approximate surface area is 212 Å². The number of rotatable bonds is 4. The van der Waals surface area contributed by atoms with Crippen LogP contribution >= 0.6 is 0 Å². The Morgan fingerprint density at radius 3 is 2.06 bits per heavy atom. The molecule has 0 amide bonds. The molecule has 1 aliphatic carbocycles. The SMILES string of the molecule is [C-]#[N+]c1cccc(N(c2ccc3c(c2)C(C)(C)c2ccccc2-3)c2ccccc2-c2ccccc2)c1. The van der Waals surface area contributed by atoms with Gasteiger partial charge in [-0.1, -0.05) is 105 Å². The van der Waals surface area contributed by atoms with Gasteiger partial charge >= 0.3 is 0 Å². The fourth-order valence-corrected chi connectivity index (χ4v) is 5.49. The lowest BCUT2D eigenvalue weighted by Crippen LogP contribution is -2.16. The largest absolute Gasteiger partial charge is 0.311 e. The molecule has 0 atom stereocenters. The summed E-state index contributed by atoms with van der Waals surface area (Å²) < 4.78 is 0. The smallest absolute Gasteiger partial charge is 0.189 e. The maximum Gasteiger partial charge on any atom is 0.189 e. The molecule has 172 valence electrons. The van der Waals surface area contributed by atoms with E-state index in [1.165, 1.54) is 22.3 Å². The highest BCUT2D eigenvalue weighted by Crippen LogP contribution is 2.51. The van der Waals surface area contributed by atoms with E-state index in [-0.39, 0.29) is 5.41 Å². The average Bonchev–Trinajstić information content (AvgIpc) is 3.16. The molecule has 0 aromatic heterocycles. The van der Waals surface area contributed by atoms with Crippen molar-refractivity contribution in [3.63, 3.8) is 0 Å². The van der Waals surface area contributed by atoms with Gasteiger partial charge in [0.2, 0.25) is 0 Å². The summed E-state index contributed by atoms with van der Waals surface area (Å²) >= 11 is 0. The fraction of sp³-hybridized carbons (Fsp3) is 0.0882. The molecule has 0 radical (unpaired) electrons. The van der Waals surface area contributed by atoms with Crippen LogP contribution < -0.4 is 4.90 Å². The average molecular weight is 463 g/mol. The van der Waals surface area contributed by atoms with E-state index < -0.39 is 0 Å². The van der Waals surface area contributed by atoms with Crippen molar-refractivity contribution in [1.29, 1.82) is 0 Å². The van der Waals surface area contributed by atoms with Gasteiger partial charge < -0.3 is 4.90 Å². The summed E-state index contributed by atoms with van der Waals surface area (Å²) in [5.41, 5.74) is 11.3. The first-order valence-corrected chi connectivity index (χ1v) is 12.2. The van der Waals surface area contributed by atoms with E-state index in [9.17, 15) is 0 Å². The molecule has 0 saturated carbocycles. The van der Waals surface area contributed by atoms with Crippen molar-refractivity contribution in [2.45, 2.75) is 19.3 Å². The van der Waals surface area contributed by atoms with Crippen LogP contribution in [0.2, 0.25) is 0 Å². The van der Waals surface area contributed by atoms with Crippen LogP contribution in [0.1, 0.15) is 25.0 Å². The summed E-state index contributed by atoms with van der Waals surface area (Å²) in [4.78, 5) is 6.00. The molecule has 2 heteroatoms. The molecule has 0 fully saturated rings. The quantitative estimate of drug-likeness (QED) is 0.241. The number of hydrogen-bond acceptors (Lipinski definition) is 1. The van der Waals surface area contributed by atoms with Crippen LogP contribution in [0.4, 0.5) is 22.7 Å². The molecular formula is C34H26N2. The molecule has 0 unspecified atom stereocenters. The maximum atomic E-state index is 7.60. The van der Waals surface area contributed by atoms with Crippen LogP contribution in [-0.4, -0.2) is 0 Å². The molecule has 36 heavy (non-hydrogen) atoms. The molecule has 2 nitrogen and oxygen atoms in total.